The summed E-state index contributed by atoms with van der Waals surface area (Å²) in [5, 5.41) is 15.3. The van der Waals surface area contributed by atoms with Crippen molar-refractivity contribution in [3.63, 3.8) is 0 Å². The fourth-order valence-electron chi connectivity index (χ4n) is 1.83. The van der Waals surface area contributed by atoms with Crippen LogP contribution in [0.15, 0.2) is 24.0 Å². The molecule has 0 aliphatic carbocycles. The zero-order valence-electron chi connectivity index (χ0n) is 11.4. The number of aromatic amines is 1. The minimum absolute atomic E-state index is 0.00105. The first kappa shape index (κ1) is 13.9. The highest BCUT2D eigenvalue weighted by molar-refractivity contribution is 7.13. The summed E-state index contributed by atoms with van der Waals surface area (Å²) in [5.74, 6) is -1.16. The third kappa shape index (κ3) is 2.59. The van der Waals surface area contributed by atoms with Gasteiger partial charge in [0.2, 0.25) is 0 Å². The van der Waals surface area contributed by atoms with E-state index in [-0.39, 0.29) is 17.1 Å². The number of anilines is 1. The summed E-state index contributed by atoms with van der Waals surface area (Å²) < 4.78 is 1.40. The first-order chi connectivity index (χ1) is 10.5. The number of hydrogen-bond acceptors (Lipinski definition) is 6. The molecule has 3 heterocycles. The van der Waals surface area contributed by atoms with Gasteiger partial charge in [-0.15, -0.1) is 11.3 Å². The lowest BCUT2D eigenvalue weighted by atomic mass is 10.3. The van der Waals surface area contributed by atoms with E-state index in [2.05, 4.69) is 25.6 Å². The minimum atomic E-state index is -0.715. The molecule has 3 rings (SSSR count). The molecule has 112 valence electrons. The highest BCUT2D eigenvalue weighted by Crippen LogP contribution is 2.23. The monoisotopic (exact) mass is 317 g/mol. The zero-order chi connectivity index (χ0) is 15.7. The Morgan fingerprint density at radius 3 is 2.95 bits per heavy atom. The normalized spacial score (nSPS) is 10.6. The zero-order valence-corrected chi connectivity index (χ0v) is 12.2. The third-order valence-corrected chi connectivity index (χ3v) is 3.68. The molecular formula is C12H11N7O2S. The molecule has 3 aromatic rings. The summed E-state index contributed by atoms with van der Waals surface area (Å²) in [6.07, 6.45) is 4.81. The average Bonchev–Trinajstić information content (AvgIpc) is 3.17. The number of carbonyl (C=O) groups excluding carboxylic acids is 2. The standard InChI is InChI=1S/C12H11N7O2S/c1-19-4-7(9(18-19)10(13)20)16-11(21)8-5-22-12(17-8)6-2-14-15-3-6/h2-5H,1H3,(H2,13,20)(H,14,15)(H,16,21). The lowest BCUT2D eigenvalue weighted by Crippen LogP contribution is -2.18. The van der Waals surface area contributed by atoms with Gasteiger partial charge in [0.05, 0.1) is 11.9 Å². The highest BCUT2D eigenvalue weighted by Gasteiger charge is 2.18. The molecule has 0 saturated heterocycles. The van der Waals surface area contributed by atoms with Gasteiger partial charge < -0.3 is 11.1 Å². The van der Waals surface area contributed by atoms with Crippen LogP contribution in [0.3, 0.4) is 0 Å². The number of primary amides is 1. The van der Waals surface area contributed by atoms with Crippen molar-refractivity contribution in [3.05, 3.63) is 35.4 Å². The second kappa shape index (κ2) is 5.41. The van der Waals surface area contributed by atoms with E-state index in [1.54, 1.807) is 24.8 Å². The van der Waals surface area contributed by atoms with Gasteiger partial charge in [0.25, 0.3) is 11.8 Å². The number of nitrogens with one attached hydrogen (secondary N) is 2. The molecule has 0 aliphatic rings. The van der Waals surface area contributed by atoms with Gasteiger partial charge in [-0.3, -0.25) is 19.4 Å². The van der Waals surface area contributed by atoms with Crippen LogP contribution in [0.5, 0.6) is 0 Å². The number of hydrogen-bond donors (Lipinski definition) is 3. The van der Waals surface area contributed by atoms with E-state index in [4.69, 9.17) is 5.73 Å². The van der Waals surface area contributed by atoms with Gasteiger partial charge in [0, 0.05) is 30.4 Å². The quantitative estimate of drug-likeness (QED) is 0.649. The van der Waals surface area contributed by atoms with Crippen molar-refractivity contribution in [1.82, 2.24) is 25.0 Å². The van der Waals surface area contributed by atoms with Gasteiger partial charge in [-0.05, 0) is 0 Å². The molecule has 22 heavy (non-hydrogen) atoms. The first-order valence-electron chi connectivity index (χ1n) is 6.14. The van der Waals surface area contributed by atoms with Gasteiger partial charge in [0.15, 0.2) is 5.69 Å². The first-order valence-corrected chi connectivity index (χ1v) is 7.02. The molecule has 0 aliphatic heterocycles. The molecule has 0 fully saturated rings. The van der Waals surface area contributed by atoms with Crippen molar-refractivity contribution in [3.8, 4) is 10.6 Å². The summed E-state index contributed by atoms with van der Waals surface area (Å²) in [4.78, 5) is 27.7. The Hall–Kier alpha value is -3.01. The van der Waals surface area contributed by atoms with Gasteiger partial charge in [0.1, 0.15) is 10.7 Å². The maximum Gasteiger partial charge on any atom is 0.275 e. The van der Waals surface area contributed by atoms with E-state index in [9.17, 15) is 9.59 Å². The van der Waals surface area contributed by atoms with Crippen molar-refractivity contribution in [1.29, 1.82) is 0 Å². The smallest absolute Gasteiger partial charge is 0.275 e. The Kier molecular flexibility index (Phi) is 3.43. The summed E-state index contributed by atoms with van der Waals surface area (Å²) >= 11 is 1.32. The molecule has 0 spiro atoms. The molecule has 3 aromatic heterocycles. The fraction of sp³-hybridized carbons (Fsp3) is 0.0833. The van der Waals surface area contributed by atoms with Crippen LogP contribution in [0.25, 0.3) is 10.6 Å². The van der Waals surface area contributed by atoms with Gasteiger partial charge in [-0.25, -0.2) is 4.98 Å². The van der Waals surface area contributed by atoms with Crippen LogP contribution in [0.1, 0.15) is 21.0 Å². The Bertz CT molecular complexity index is 834. The number of nitrogens with two attached hydrogens (primary N) is 1. The van der Waals surface area contributed by atoms with E-state index >= 15 is 0 Å². The van der Waals surface area contributed by atoms with E-state index in [0.717, 1.165) is 5.56 Å². The molecule has 0 saturated carbocycles. The topological polar surface area (TPSA) is 132 Å². The molecule has 0 unspecified atom stereocenters. The van der Waals surface area contributed by atoms with Crippen LogP contribution < -0.4 is 11.1 Å². The Morgan fingerprint density at radius 1 is 1.45 bits per heavy atom. The number of carbonyl (C=O) groups is 2. The molecule has 0 bridgehead atoms. The molecule has 0 aromatic carbocycles. The number of thiazole rings is 1. The van der Waals surface area contributed by atoms with Crippen LogP contribution in [-0.4, -0.2) is 36.8 Å². The van der Waals surface area contributed by atoms with E-state index in [0.29, 0.717) is 5.01 Å². The second-order valence-electron chi connectivity index (χ2n) is 4.41. The fourth-order valence-corrected chi connectivity index (χ4v) is 2.61. The maximum absolute atomic E-state index is 12.2. The van der Waals surface area contributed by atoms with Crippen LogP contribution in [0, 0.1) is 0 Å². The number of nitrogens with zero attached hydrogens (tertiary/aromatic N) is 4. The van der Waals surface area contributed by atoms with Crippen LogP contribution in [0.4, 0.5) is 5.69 Å². The molecule has 0 atom stereocenters. The number of amides is 2. The summed E-state index contributed by atoms with van der Waals surface area (Å²) in [5.41, 5.74) is 6.50. The van der Waals surface area contributed by atoms with Gasteiger partial charge >= 0.3 is 0 Å². The number of H-pyrrole nitrogens is 1. The number of aryl methyl sites for hydroxylation is 1. The molecule has 4 N–H and O–H groups in total. The van der Waals surface area contributed by atoms with E-state index < -0.39 is 11.8 Å². The summed E-state index contributed by atoms with van der Waals surface area (Å²) in [6, 6.07) is 0. The van der Waals surface area contributed by atoms with Crippen LogP contribution in [0.2, 0.25) is 0 Å². The molecule has 9 nitrogen and oxygen atoms in total. The third-order valence-electron chi connectivity index (χ3n) is 2.79. The number of rotatable bonds is 4. The minimum Gasteiger partial charge on any atom is -0.364 e. The van der Waals surface area contributed by atoms with Gasteiger partial charge in [-0.2, -0.15) is 10.2 Å². The number of aromatic nitrogens is 5. The largest absolute Gasteiger partial charge is 0.364 e. The Morgan fingerprint density at radius 2 is 2.27 bits per heavy atom. The van der Waals surface area contributed by atoms with Crippen molar-refractivity contribution in [2.45, 2.75) is 0 Å². The predicted molar refractivity (Wildman–Crippen MR) is 79.4 cm³/mol. The van der Waals surface area contributed by atoms with Crippen molar-refractivity contribution < 1.29 is 9.59 Å². The van der Waals surface area contributed by atoms with Crippen LogP contribution in [-0.2, 0) is 7.05 Å². The summed E-state index contributed by atoms with van der Waals surface area (Å²) in [6.45, 7) is 0. The van der Waals surface area contributed by atoms with Crippen LogP contribution >= 0.6 is 11.3 Å². The average molecular weight is 317 g/mol. The lowest BCUT2D eigenvalue weighted by Gasteiger charge is -2.00. The SMILES string of the molecule is Cn1cc(NC(=O)c2csc(-c3cn[nH]c3)n2)c(C(N)=O)n1. The molecule has 10 heteroatoms. The molecular weight excluding hydrogens is 306 g/mol. The van der Waals surface area contributed by atoms with E-state index in [1.807, 2.05) is 0 Å². The van der Waals surface area contributed by atoms with E-state index in [1.165, 1.54) is 22.2 Å². The van der Waals surface area contributed by atoms with Gasteiger partial charge in [-0.1, -0.05) is 0 Å². The second-order valence-corrected chi connectivity index (χ2v) is 5.27. The highest BCUT2D eigenvalue weighted by atomic mass is 32.1. The van der Waals surface area contributed by atoms with Crippen molar-refractivity contribution in [2.75, 3.05) is 5.32 Å². The Labute approximate surface area is 128 Å². The predicted octanol–water partition coefficient (Wildman–Crippen LogP) is 0.618. The van der Waals surface area contributed by atoms with Crippen molar-refractivity contribution in [2.24, 2.45) is 12.8 Å². The molecule has 0 radical (unpaired) electrons. The maximum atomic E-state index is 12.2. The molecule has 2 amide bonds. The lowest BCUT2D eigenvalue weighted by molar-refractivity contribution is 0.0995. The van der Waals surface area contributed by atoms with Crippen molar-refractivity contribution >= 4 is 28.8 Å². The summed E-state index contributed by atoms with van der Waals surface area (Å²) in [7, 11) is 1.63. The Balaban J connectivity index is 1.82.